The van der Waals surface area contributed by atoms with E-state index in [4.69, 9.17) is 0 Å². The summed E-state index contributed by atoms with van der Waals surface area (Å²) in [4.78, 5) is 16.9. The van der Waals surface area contributed by atoms with Crippen LogP contribution in [0.4, 0.5) is 0 Å². The maximum atomic E-state index is 4.39. The Morgan fingerprint density at radius 2 is 2.00 bits per heavy atom. The van der Waals surface area contributed by atoms with Gasteiger partial charge in [-0.25, -0.2) is 19.9 Å². The zero-order valence-electron chi connectivity index (χ0n) is 8.59. The standard InChI is InChI=1S/C10H9BrN4S/c1-2-8-14-7(11)6-9(15-8)16-10-12-4-3-5-13-10/h3-6H,2H2,1H3. The van der Waals surface area contributed by atoms with Gasteiger partial charge >= 0.3 is 0 Å². The van der Waals surface area contributed by atoms with E-state index in [0.717, 1.165) is 21.9 Å². The first-order valence-corrected chi connectivity index (χ1v) is 6.37. The van der Waals surface area contributed by atoms with Crippen LogP contribution in [-0.4, -0.2) is 19.9 Å². The molecule has 0 radical (unpaired) electrons. The smallest absolute Gasteiger partial charge is 0.193 e. The van der Waals surface area contributed by atoms with Crippen LogP contribution >= 0.6 is 27.7 Å². The van der Waals surface area contributed by atoms with Crippen LogP contribution in [0, 0.1) is 0 Å². The van der Waals surface area contributed by atoms with Crippen LogP contribution < -0.4 is 0 Å². The molecule has 4 nitrogen and oxygen atoms in total. The van der Waals surface area contributed by atoms with Crippen molar-refractivity contribution in [2.24, 2.45) is 0 Å². The van der Waals surface area contributed by atoms with Gasteiger partial charge in [-0.3, -0.25) is 0 Å². The highest BCUT2D eigenvalue weighted by Crippen LogP contribution is 2.24. The average molecular weight is 297 g/mol. The molecule has 2 rings (SSSR count). The molecular formula is C10H9BrN4S. The third-order valence-electron chi connectivity index (χ3n) is 1.77. The number of rotatable bonds is 3. The number of nitrogens with zero attached hydrogens (tertiary/aromatic N) is 4. The Bertz CT molecular complexity index is 478. The Kier molecular flexibility index (Phi) is 3.84. The molecule has 16 heavy (non-hydrogen) atoms. The molecular weight excluding hydrogens is 288 g/mol. The van der Waals surface area contributed by atoms with Gasteiger partial charge in [0, 0.05) is 24.9 Å². The number of hydrogen-bond donors (Lipinski definition) is 0. The van der Waals surface area contributed by atoms with Gasteiger partial charge in [-0.2, -0.15) is 0 Å². The topological polar surface area (TPSA) is 51.6 Å². The van der Waals surface area contributed by atoms with Crippen molar-refractivity contribution in [2.45, 2.75) is 23.5 Å². The van der Waals surface area contributed by atoms with Crippen molar-refractivity contribution in [3.63, 3.8) is 0 Å². The molecule has 0 fully saturated rings. The van der Waals surface area contributed by atoms with Crippen molar-refractivity contribution >= 4 is 27.7 Å². The molecule has 0 aliphatic rings. The third-order valence-corrected chi connectivity index (χ3v) is 2.99. The quantitative estimate of drug-likeness (QED) is 0.644. The molecule has 0 aromatic carbocycles. The first-order chi connectivity index (χ1) is 7.78. The Morgan fingerprint density at radius 1 is 1.25 bits per heavy atom. The maximum Gasteiger partial charge on any atom is 0.193 e. The minimum Gasteiger partial charge on any atom is -0.231 e. The van der Waals surface area contributed by atoms with Gasteiger partial charge < -0.3 is 0 Å². The van der Waals surface area contributed by atoms with Crippen molar-refractivity contribution in [1.82, 2.24) is 19.9 Å². The van der Waals surface area contributed by atoms with Gasteiger partial charge in [0.2, 0.25) is 0 Å². The van der Waals surface area contributed by atoms with E-state index in [-0.39, 0.29) is 0 Å². The average Bonchev–Trinajstić information content (AvgIpc) is 2.29. The predicted octanol–water partition coefficient (Wildman–Crippen LogP) is 2.74. The molecule has 0 unspecified atom stereocenters. The first-order valence-electron chi connectivity index (χ1n) is 4.76. The minimum atomic E-state index is 0.690. The van der Waals surface area contributed by atoms with E-state index < -0.39 is 0 Å². The van der Waals surface area contributed by atoms with Crippen molar-refractivity contribution in [3.05, 3.63) is 35.0 Å². The fourth-order valence-corrected chi connectivity index (χ4v) is 2.39. The highest BCUT2D eigenvalue weighted by molar-refractivity contribution is 9.10. The lowest BCUT2D eigenvalue weighted by atomic mass is 10.4. The fraction of sp³-hybridized carbons (Fsp3) is 0.200. The summed E-state index contributed by atoms with van der Waals surface area (Å²) in [6, 6.07) is 3.65. The number of hydrogen-bond acceptors (Lipinski definition) is 5. The molecule has 0 bridgehead atoms. The largest absolute Gasteiger partial charge is 0.231 e. The molecule has 2 aromatic heterocycles. The molecule has 0 N–H and O–H groups in total. The Hall–Kier alpha value is -1.01. The van der Waals surface area contributed by atoms with Gasteiger partial charge in [-0.05, 0) is 33.8 Å². The number of aromatic nitrogens is 4. The second-order valence-electron chi connectivity index (χ2n) is 2.93. The van der Waals surface area contributed by atoms with Crippen molar-refractivity contribution in [1.29, 1.82) is 0 Å². The summed E-state index contributed by atoms with van der Waals surface area (Å²) in [6.45, 7) is 2.02. The summed E-state index contributed by atoms with van der Waals surface area (Å²) >= 11 is 4.79. The molecule has 0 atom stereocenters. The van der Waals surface area contributed by atoms with Gasteiger partial charge in [0.25, 0.3) is 0 Å². The predicted molar refractivity (Wildman–Crippen MR) is 65.3 cm³/mol. The lowest BCUT2D eigenvalue weighted by Crippen LogP contribution is -1.95. The van der Waals surface area contributed by atoms with Crippen LogP contribution in [0.1, 0.15) is 12.7 Å². The number of aryl methyl sites for hydroxylation is 1. The Balaban J connectivity index is 2.24. The van der Waals surface area contributed by atoms with Crippen molar-refractivity contribution in [2.75, 3.05) is 0 Å². The van der Waals surface area contributed by atoms with E-state index >= 15 is 0 Å². The van der Waals surface area contributed by atoms with E-state index in [1.807, 2.05) is 13.0 Å². The first kappa shape index (κ1) is 11.5. The van der Waals surface area contributed by atoms with E-state index in [2.05, 4.69) is 35.9 Å². The van der Waals surface area contributed by atoms with Gasteiger partial charge in [0.15, 0.2) is 5.16 Å². The van der Waals surface area contributed by atoms with Gasteiger partial charge in [-0.15, -0.1) is 0 Å². The van der Waals surface area contributed by atoms with Gasteiger partial charge in [0.05, 0.1) is 0 Å². The molecule has 6 heteroatoms. The molecule has 0 spiro atoms. The molecule has 2 heterocycles. The summed E-state index contributed by atoms with van der Waals surface area (Å²) in [6.07, 6.45) is 4.24. The van der Waals surface area contributed by atoms with Crippen LogP contribution in [-0.2, 0) is 6.42 Å². The zero-order valence-corrected chi connectivity index (χ0v) is 11.0. The van der Waals surface area contributed by atoms with Crippen LogP contribution in [0.3, 0.4) is 0 Å². The van der Waals surface area contributed by atoms with Crippen LogP contribution in [0.15, 0.2) is 39.3 Å². The maximum absolute atomic E-state index is 4.39. The lowest BCUT2D eigenvalue weighted by Gasteiger charge is -2.02. The van der Waals surface area contributed by atoms with E-state index in [1.165, 1.54) is 11.8 Å². The minimum absolute atomic E-state index is 0.690. The normalized spacial score (nSPS) is 10.4. The second-order valence-corrected chi connectivity index (χ2v) is 4.73. The van der Waals surface area contributed by atoms with Crippen LogP contribution in [0.25, 0.3) is 0 Å². The van der Waals surface area contributed by atoms with E-state index in [0.29, 0.717) is 5.16 Å². The second kappa shape index (κ2) is 5.36. The molecule has 0 saturated heterocycles. The monoisotopic (exact) mass is 296 g/mol. The summed E-state index contributed by atoms with van der Waals surface area (Å²) in [5.74, 6) is 0.813. The zero-order chi connectivity index (χ0) is 11.4. The summed E-state index contributed by atoms with van der Waals surface area (Å²) in [5.41, 5.74) is 0. The van der Waals surface area contributed by atoms with Crippen LogP contribution in [0.5, 0.6) is 0 Å². The highest BCUT2D eigenvalue weighted by Gasteiger charge is 2.05. The van der Waals surface area contributed by atoms with Crippen molar-refractivity contribution in [3.8, 4) is 0 Å². The van der Waals surface area contributed by atoms with Gasteiger partial charge in [0.1, 0.15) is 15.5 Å². The highest BCUT2D eigenvalue weighted by atomic mass is 79.9. The number of halogens is 1. The third kappa shape index (κ3) is 2.99. The SMILES string of the molecule is CCc1nc(Br)cc(Sc2ncccn2)n1. The molecule has 0 amide bonds. The summed E-state index contributed by atoms with van der Waals surface area (Å²) in [7, 11) is 0. The molecule has 2 aromatic rings. The summed E-state index contributed by atoms with van der Waals surface area (Å²) < 4.78 is 0.790. The molecule has 0 aliphatic carbocycles. The van der Waals surface area contributed by atoms with E-state index in [9.17, 15) is 0 Å². The Morgan fingerprint density at radius 3 is 2.69 bits per heavy atom. The van der Waals surface area contributed by atoms with E-state index in [1.54, 1.807) is 18.5 Å². The summed E-state index contributed by atoms with van der Waals surface area (Å²) in [5, 5.41) is 1.54. The molecule has 0 aliphatic heterocycles. The lowest BCUT2D eigenvalue weighted by molar-refractivity contribution is 0.871. The van der Waals surface area contributed by atoms with Gasteiger partial charge in [-0.1, -0.05) is 6.92 Å². The fourth-order valence-electron chi connectivity index (χ4n) is 1.08. The molecule has 82 valence electrons. The Labute approximate surface area is 106 Å². The van der Waals surface area contributed by atoms with Crippen LogP contribution in [0.2, 0.25) is 0 Å². The molecule has 0 saturated carbocycles. The van der Waals surface area contributed by atoms with Crippen molar-refractivity contribution < 1.29 is 0 Å².